The molecule has 0 spiro atoms. The van der Waals surface area contributed by atoms with Gasteiger partial charge in [0, 0.05) is 23.4 Å². The largest absolute Gasteiger partial charge is 0.465 e. The van der Waals surface area contributed by atoms with Gasteiger partial charge in [-0.05, 0) is 38.3 Å². The van der Waals surface area contributed by atoms with Crippen LogP contribution in [0.5, 0.6) is 0 Å². The molecule has 10 nitrogen and oxygen atoms in total. The highest BCUT2D eigenvalue weighted by atomic mass is 32.2. The second-order valence-corrected chi connectivity index (χ2v) is 8.96. The summed E-state index contributed by atoms with van der Waals surface area (Å²) in [6.45, 7) is 4.85. The monoisotopic (exact) mass is 411 g/mol. The Morgan fingerprint density at radius 1 is 1.29 bits per heavy atom. The van der Waals surface area contributed by atoms with Gasteiger partial charge in [-0.15, -0.1) is 0 Å². The maximum atomic E-state index is 12.8. The Morgan fingerprint density at radius 2 is 1.89 bits per heavy atom. The second-order valence-electron chi connectivity index (χ2n) is 7.12. The summed E-state index contributed by atoms with van der Waals surface area (Å²) in [6, 6.07) is 7.50. The first-order valence-electron chi connectivity index (χ1n) is 8.59. The molecular formula is C17H25N5O5S. The van der Waals surface area contributed by atoms with Crippen LogP contribution in [-0.4, -0.2) is 54.3 Å². The van der Waals surface area contributed by atoms with Crippen molar-refractivity contribution < 1.29 is 23.1 Å². The van der Waals surface area contributed by atoms with E-state index in [0.717, 1.165) is 4.90 Å². The number of amides is 2. The van der Waals surface area contributed by atoms with Crippen molar-refractivity contribution in [3.05, 3.63) is 46.3 Å². The van der Waals surface area contributed by atoms with Gasteiger partial charge in [0.2, 0.25) is 10.0 Å². The minimum atomic E-state index is -4.01. The standard InChI is InChI=1S/C17H25N5O5S/c1-17(2,3)22(16(24)25)14(12-13-8-5-4-6-9-13)15(23)20-28(26,27)11-7-10-19-21-18/h4-6,8-9,14H,7,10-12H2,1-3H3,(H,20,23)(H,24,25)/t14-/m0/s1. The van der Waals surface area contributed by atoms with Gasteiger partial charge in [0.05, 0.1) is 5.75 Å². The Bertz CT molecular complexity index is 829. The molecule has 1 atom stereocenters. The first-order chi connectivity index (χ1) is 13.0. The number of azide groups is 1. The van der Waals surface area contributed by atoms with E-state index in [1.807, 2.05) is 4.72 Å². The number of benzene rings is 1. The maximum absolute atomic E-state index is 12.8. The van der Waals surface area contributed by atoms with Crippen LogP contribution in [0.1, 0.15) is 32.8 Å². The lowest BCUT2D eigenvalue weighted by Crippen LogP contribution is -2.58. The van der Waals surface area contributed by atoms with Crippen LogP contribution in [0.4, 0.5) is 4.79 Å². The van der Waals surface area contributed by atoms with Gasteiger partial charge in [0.25, 0.3) is 5.91 Å². The van der Waals surface area contributed by atoms with Gasteiger partial charge in [-0.25, -0.2) is 13.2 Å². The summed E-state index contributed by atoms with van der Waals surface area (Å²) in [7, 11) is -4.01. The molecule has 11 heteroatoms. The molecule has 0 radical (unpaired) electrons. The van der Waals surface area contributed by atoms with E-state index in [-0.39, 0.29) is 19.4 Å². The fraction of sp³-hybridized carbons (Fsp3) is 0.529. The van der Waals surface area contributed by atoms with Crippen LogP contribution in [0.15, 0.2) is 35.4 Å². The maximum Gasteiger partial charge on any atom is 0.408 e. The summed E-state index contributed by atoms with van der Waals surface area (Å²) >= 11 is 0. The highest BCUT2D eigenvalue weighted by Crippen LogP contribution is 2.21. The van der Waals surface area contributed by atoms with Crippen LogP contribution in [0, 0.1) is 0 Å². The van der Waals surface area contributed by atoms with E-state index in [1.165, 1.54) is 0 Å². The summed E-state index contributed by atoms with van der Waals surface area (Å²) in [5.41, 5.74) is 7.98. The number of nitrogens with one attached hydrogen (secondary N) is 1. The molecule has 1 aromatic rings. The fourth-order valence-corrected chi connectivity index (χ4v) is 3.72. The zero-order valence-electron chi connectivity index (χ0n) is 16.1. The van der Waals surface area contributed by atoms with Crippen molar-refractivity contribution in [3.63, 3.8) is 0 Å². The van der Waals surface area contributed by atoms with Crippen molar-refractivity contribution in [2.45, 2.75) is 45.2 Å². The average molecular weight is 411 g/mol. The van der Waals surface area contributed by atoms with Crippen LogP contribution >= 0.6 is 0 Å². The molecule has 0 fully saturated rings. The summed E-state index contributed by atoms with van der Waals surface area (Å²) in [5.74, 6) is -1.34. The molecule has 0 saturated heterocycles. The summed E-state index contributed by atoms with van der Waals surface area (Å²) in [4.78, 5) is 28.1. The third kappa shape index (κ3) is 7.45. The minimum absolute atomic E-state index is 0.0183. The minimum Gasteiger partial charge on any atom is -0.465 e. The number of hydrogen-bond acceptors (Lipinski definition) is 5. The lowest BCUT2D eigenvalue weighted by Gasteiger charge is -2.38. The van der Waals surface area contributed by atoms with Gasteiger partial charge >= 0.3 is 6.09 Å². The van der Waals surface area contributed by atoms with Gasteiger partial charge < -0.3 is 5.11 Å². The molecule has 154 valence electrons. The molecule has 0 unspecified atom stereocenters. The molecule has 1 rings (SSSR count). The highest BCUT2D eigenvalue weighted by Gasteiger charge is 2.38. The van der Waals surface area contributed by atoms with E-state index in [0.29, 0.717) is 5.56 Å². The molecule has 0 bridgehead atoms. The third-order valence-electron chi connectivity index (χ3n) is 3.81. The molecule has 0 aliphatic heterocycles. The Labute approximate surface area is 164 Å². The molecule has 2 amide bonds. The molecule has 0 saturated carbocycles. The Balaban J connectivity index is 3.10. The molecule has 28 heavy (non-hydrogen) atoms. The zero-order chi connectivity index (χ0) is 21.4. The number of nitrogens with zero attached hydrogens (tertiary/aromatic N) is 4. The van der Waals surface area contributed by atoms with Crippen molar-refractivity contribution in [1.82, 2.24) is 9.62 Å². The van der Waals surface area contributed by atoms with E-state index in [2.05, 4.69) is 10.0 Å². The summed E-state index contributed by atoms with van der Waals surface area (Å²) < 4.78 is 26.3. The van der Waals surface area contributed by atoms with E-state index in [4.69, 9.17) is 5.53 Å². The van der Waals surface area contributed by atoms with E-state index in [1.54, 1.807) is 51.1 Å². The lowest BCUT2D eigenvalue weighted by molar-refractivity contribution is -0.125. The third-order valence-corrected chi connectivity index (χ3v) is 5.14. The second kappa shape index (κ2) is 9.95. The van der Waals surface area contributed by atoms with Gasteiger partial charge in [0.15, 0.2) is 0 Å². The van der Waals surface area contributed by atoms with Gasteiger partial charge in [-0.1, -0.05) is 35.4 Å². The van der Waals surface area contributed by atoms with Crippen molar-refractivity contribution in [3.8, 4) is 0 Å². The van der Waals surface area contributed by atoms with Gasteiger partial charge in [-0.2, -0.15) is 0 Å². The summed E-state index contributed by atoms with van der Waals surface area (Å²) in [5, 5.41) is 12.9. The highest BCUT2D eigenvalue weighted by molar-refractivity contribution is 7.90. The van der Waals surface area contributed by atoms with E-state index < -0.39 is 39.4 Å². The van der Waals surface area contributed by atoms with Crippen molar-refractivity contribution in [1.29, 1.82) is 0 Å². The Kier molecular flexibility index (Phi) is 8.27. The number of rotatable bonds is 9. The smallest absolute Gasteiger partial charge is 0.408 e. The predicted molar refractivity (Wildman–Crippen MR) is 104 cm³/mol. The zero-order valence-corrected chi connectivity index (χ0v) is 16.9. The lowest BCUT2D eigenvalue weighted by atomic mass is 9.98. The number of sulfonamides is 1. The number of carboxylic acid groups (broad SMARTS) is 1. The summed E-state index contributed by atoms with van der Waals surface area (Å²) in [6.07, 6.45) is -1.27. The molecule has 1 aromatic carbocycles. The number of carbonyl (C=O) groups is 2. The van der Waals surface area contributed by atoms with Gasteiger partial charge in [0.1, 0.15) is 6.04 Å². The Hall–Kier alpha value is -2.78. The molecule has 0 aliphatic rings. The van der Waals surface area contributed by atoms with Crippen molar-refractivity contribution in [2.24, 2.45) is 5.11 Å². The van der Waals surface area contributed by atoms with Crippen LogP contribution in [0.25, 0.3) is 10.4 Å². The molecule has 0 aliphatic carbocycles. The predicted octanol–water partition coefficient (Wildman–Crippen LogP) is 2.52. The number of carbonyl (C=O) groups excluding carboxylic acids is 1. The van der Waals surface area contributed by atoms with Crippen LogP contribution in [0.3, 0.4) is 0 Å². The van der Waals surface area contributed by atoms with Crippen LogP contribution in [0.2, 0.25) is 0 Å². The average Bonchev–Trinajstić information content (AvgIpc) is 2.57. The normalized spacial score (nSPS) is 12.5. The van der Waals surface area contributed by atoms with Crippen LogP contribution < -0.4 is 4.72 Å². The Morgan fingerprint density at radius 3 is 2.39 bits per heavy atom. The molecule has 0 heterocycles. The van der Waals surface area contributed by atoms with E-state index in [9.17, 15) is 23.1 Å². The number of hydrogen-bond donors (Lipinski definition) is 2. The van der Waals surface area contributed by atoms with Crippen molar-refractivity contribution in [2.75, 3.05) is 12.3 Å². The molecule has 0 aromatic heterocycles. The first-order valence-corrected chi connectivity index (χ1v) is 10.2. The quantitative estimate of drug-likeness (QED) is 0.277. The van der Waals surface area contributed by atoms with E-state index >= 15 is 0 Å². The van der Waals surface area contributed by atoms with Gasteiger partial charge in [-0.3, -0.25) is 14.4 Å². The van der Waals surface area contributed by atoms with Crippen LogP contribution in [-0.2, 0) is 21.2 Å². The molecular weight excluding hydrogens is 386 g/mol. The SMILES string of the molecule is CC(C)(C)N(C(=O)O)[C@@H](Cc1ccccc1)C(=O)NS(=O)(=O)CCCN=[N+]=[N-]. The topological polar surface area (TPSA) is 153 Å². The van der Waals surface area contributed by atoms with Crippen molar-refractivity contribution >= 4 is 22.0 Å². The first kappa shape index (κ1) is 23.3. The molecule has 2 N–H and O–H groups in total. The fourth-order valence-electron chi connectivity index (χ4n) is 2.67.